The maximum Gasteiger partial charge on any atom is 0.172 e. The molecule has 1 fully saturated rings. The minimum atomic E-state index is -0.659. The summed E-state index contributed by atoms with van der Waals surface area (Å²) in [6.07, 6.45) is 3.23. The third-order valence-corrected chi connectivity index (χ3v) is 4.06. The molecule has 1 saturated carbocycles. The van der Waals surface area contributed by atoms with Crippen LogP contribution < -0.4 is 15.2 Å². The van der Waals surface area contributed by atoms with Crippen molar-refractivity contribution in [3.63, 3.8) is 0 Å². The number of halogens is 2. The Kier molecular flexibility index (Phi) is 3.94. The van der Waals surface area contributed by atoms with Gasteiger partial charge in [-0.05, 0) is 12.8 Å². The van der Waals surface area contributed by atoms with E-state index >= 15 is 0 Å². The lowest BCUT2D eigenvalue weighted by atomic mass is 9.78. The first kappa shape index (κ1) is 14.1. The van der Waals surface area contributed by atoms with Crippen molar-refractivity contribution < 1.29 is 18.3 Å². The first-order valence-corrected chi connectivity index (χ1v) is 6.40. The van der Waals surface area contributed by atoms with Gasteiger partial charge in [0.25, 0.3) is 0 Å². The van der Waals surface area contributed by atoms with Crippen LogP contribution in [0.15, 0.2) is 6.07 Å². The van der Waals surface area contributed by atoms with E-state index in [-0.39, 0.29) is 23.6 Å². The van der Waals surface area contributed by atoms with Crippen molar-refractivity contribution in [2.24, 2.45) is 5.73 Å². The van der Waals surface area contributed by atoms with Crippen LogP contribution in [0.3, 0.4) is 0 Å². The second-order valence-corrected chi connectivity index (χ2v) is 4.98. The van der Waals surface area contributed by atoms with E-state index in [9.17, 15) is 8.78 Å². The molecule has 0 unspecified atom stereocenters. The number of hydrogen-bond donors (Lipinski definition) is 1. The lowest BCUT2D eigenvalue weighted by Gasteiger charge is -2.29. The van der Waals surface area contributed by atoms with Gasteiger partial charge < -0.3 is 15.2 Å². The van der Waals surface area contributed by atoms with Gasteiger partial charge in [0.2, 0.25) is 0 Å². The number of hydrogen-bond acceptors (Lipinski definition) is 3. The fraction of sp³-hybridized carbons (Fsp3) is 0.571. The minimum Gasteiger partial charge on any atom is -0.494 e. The predicted octanol–water partition coefficient (Wildman–Crippen LogP) is 2.75. The zero-order chi connectivity index (χ0) is 14.0. The van der Waals surface area contributed by atoms with Crippen LogP contribution in [0.5, 0.6) is 11.5 Å². The van der Waals surface area contributed by atoms with Gasteiger partial charge in [-0.15, -0.1) is 0 Å². The van der Waals surface area contributed by atoms with Crippen molar-refractivity contribution in [1.29, 1.82) is 0 Å². The molecule has 5 heteroatoms. The third-order valence-electron chi connectivity index (χ3n) is 4.06. The van der Waals surface area contributed by atoms with Crippen molar-refractivity contribution >= 4 is 0 Å². The number of ether oxygens (including phenoxy) is 2. The molecule has 0 saturated heterocycles. The maximum absolute atomic E-state index is 14.5. The molecule has 0 radical (unpaired) electrons. The minimum absolute atomic E-state index is 0.00650. The molecule has 106 valence electrons. The van der Waals surface area contributed by atoms with Crippen molar-refractivity contribution in [1.82, 2.24) is 0 Å². The SMILES string of the molecule is COc1cc(OC)c(F)c(C2(CN)CCCC2)c1F. The lowest BCUT2D eigenvalue weighted by molar-refractivity contribution is 0.330. The number of benzene rings is 1. The second-order valence-electron chi connectivity index (χ2n) is 4.98. The summed E-state index contributed by atoms with van der Waals surface area (Å²) < 4.78 is 38.9. The van der Waals surface area contributed by atoms with E-state index in [1.165, 1.54) is 20.3 Å². The highest BCUT2D eigenvalue weighted by atomic mass is 19.1. The fourth-order valence-corrected chi connectivity index (χ4v) is 2.96. The molecule has 1 aromatic rings. The van der Waals surface area contributed by atoms with Gasteiger partial charge >= 0.3 is 0 Å². The molecular weight excluding hydrogens is 252 g/mol. The highest BCUT2D eigenvalue weighted by molar-refractivity contribution is 5.46. The van der Waals surface area contributed by atoms with Crippen molar-refractivity contribution in [2.45, 2.75) is 31.1 Å². The highest BCUT2D eigenvalue weighted by Gasteiger charge is 2.41. The largest absolute Gasteiger partial charge is 0.494 e. The molecule has 2 N–H and O–H groups in total. The van der Waals surface area contributed by atoms with Gasteiger partial charge in [0.1, 0.15) is 0 Å². The van der Waals surface area contributed by atoms with Gasteiger partial charge in [-0.25, -0.2) is 8.78 Å². The summed E-state index contributed by atoms with van der Waals surface area (Å²) in [7, 11) is 2.70. The first-order chi connectivity index (χ1) is 9.09. The molecule has 0 atom stereocenters. The van der Waals surface area contributed by atoms with Gasteiger partial charge in [-0.3, -0.25) is 0 Å². The lowest BCUT2D eigenvalue weighted by Crippen LogP contribution is -2.34. The van der Waals surface area contributed by atoms with E-state index in [4.69, 9.17) is 15.2 Å². The molecule has 0 amide bonds. The van der Waals surface area contributed by atoms with Crippen molar-refractivity contribution in [2.75, 3.05) is 20.8 Å². The van der Waals surface area contributed by atoms with Crippen LogP contribution in [0.1, 0.15) is 31.2 Å². The van der Waals surface area contributed by atoms with Crippen molar-refractivity contribution in [3.05, 3.63) is 23.3 Å². The molecule has 1 aliphatic carbocycles. The number of rotatable bonds is 4. The summed E-state index contributed by atoms with van der Waals surface area (Å²) in [5.41, 5.74) is 5.18. The summed E-state index contributed by atoms with van der Waals surface area (Å²) in [4.78, 5) is 0. The molecule has 0 heterocycles. The monoisotopic (exact) mass is 271 g/mol. The fourth-order valence-electron chi connectivity index (χ4n) is 2.96. The van der Waals surface area contributed by atoms with Gasteiger partial charge in [0.05, 0.1) is 14.2 Å². The molecule has 3 nitrogen and oxygen atoms in total. The van der Waals surface area contributed by atoms with Crippen LogP contribution in [0.25, 0.3) is 0 Å². The van der Waals surface area contributed by atoms with Crippen LogP contribution in [0.4, 0.5) is 8.78 Å². The van der Waals surface area contributed by atoms with Gasteiger partial charge in [0.15, 0.2) is 23.1 Å². The smallest absolute Gasteiger partial charge is 0.172 e. The molecule has 2 rings (SSSR count). The summed E-state index contributed by atoms with van der Waals surface area (Å²) in [6, 6.07) is 1.23. The van der Waals surface area contributed by atoms with Gasteiger partial charge in [-0.2, -0.15) is 0 Å². The average molecular weight is 271 g/mol. The Morgan fingerprint density at radius 3 is 1.95 bits per heavy atom. The topological polar surface area (TPSA) is 44.5 Å². The molecule has 19 heavy (non-hydrogen) atoms. The average Bonchev–Trinajstić information content (AvgIpc) is 2.89. The molecule has 0 aliphatic heterocycles. The third kappa shape index (κ3) is 2.16. The Hall–Kier alpha value is -1.36. The van der Waals surface area contributed by atoms with Gasteiger partial charge in [-0.1, -0.05) is 12.8 Å². The number of nitrogens with two attached hydrogens (primary N) is 1. The van der Waals surface area contributed by atoms with Crippen LogP contribution in [0.2, 0.25) is 0 Å². The normalized spacial score (nSPS) is 17.5. The Labute approximate surface area is 111 Å². The second kappa shape index (κ2) is 5.33. The summed E-state index contributed by atoms with van der Waals surface area (Å²) >= 11 is 0. The van der Waals surface area contributed by atoms with E-state index in [0.717, 1.165) is 12.8 Å². The summed E-state index contributed by atoms with van der Waals surface area (Å²) in [5, 5.41) is 0. The van der Waals surface area contributed by atoms with Crippen LogP contribution in [0, 0.1) is 11.6 Å². The molecular formula is C14H19F2NO2. The Morgan fingerprint density at radius 1 is 1.11 bits per heavy atom. The first-order valence-electron chi connectivity index (χ1n) is 6.40. The Bertz CT molecular complexity index is 443. The van der Waals surface area contributed by atoms with Crippen LogP contribution in [-0.2, 0) is 5.41 Å². The van der Waals surface area contributed by atoms with E-state index in [1.807, 2.05) is 0 Å². The van der Waals surface area contributed by atoms with Crippen molar-refractivity contribution in [3.8, 4) is 11.5 Å². The van der Waals surface area contributed by atoms with E-state index in [2.05, 4.69) is 0 Å². The Morgan fingerprint density at radius 2 is 1.58 bits per heavy atom. The number of methoxy groups -OCH3 is 2. The van der Waals surface area contributed by atoms with Crippen LogP contribution >= 0.6 is 0 Å². The zero-order valence-electron chi connectivity index (χ0n) is 11.3. The quantitative estimate of drug-likeness (QED) is 0.915. The van der Waals surface area contributed by atoms with E-state index in [1.54, 1.807) is 0 Å². The molecule has 0 spiro atoms. The Balaban J connectivity index is 2.66. The molecule has 1 aromatic carbocycles. The molecule has 0 aromatic heterocycles. The van der Waals surface area contributed by atoms with E-state index < -0.39 is 17.0 Å². The summed E-state index contributed by atoms with van der Waals surface area (Å²) in [6.45, 7) is 0.219. The zero-order valence-corrected chi connectivity index (χ0v) is 11.3. The van der Waals surface area contributed by atoms with Crippen LogP contribution in [-0.4, -0.2) is 20.8 Å². The predicted molar refractivity (Wildman–Crippen MR) is 68.7 cm³/mol. The molecule has 1 aliphatic rings. The maximum atomic E-state index is 14.5. The highest BCUT2D eigenvalue weighted by Crippen LogP contribution is 2.46. The van der Waals surface area contributed by atoms with Gasteiger partial charge in [0, 0.05) is 23.6 Å². The van der Waals surface area contributed by atoms with E-state index in [0.29, 0.717) is 12.8 Å². The standard InChI is InChI=1S/C14H19F2NO2/c1-18-9-7-10(19-2)13(16)11(12(9)15)14(8-17)5-3-4-6-14/h7H,3-6,8,17H2,1-2H3. The molecule has 0 bridgehead atoms. The summed E-state index contributed by atoms with van der Waals surface area (Å²) in [5.74, 6) is -1.33.